The van der Waals surface area contributed by atoms with Gasteiger partial charge in [0.05, 0.1) is 5.02 Å². The van der Waals surface area contributed by atoms with Crippen molar-refractivity contribution in [1.29, 1.82) is 0 Å². The van der Waals surface area contributed by atoms with Crippen molar-refractivity contribution in [2.45, 2.75) is 23.8 Å². The zero-order chi connectivity index (χ0) is 13.2. The van der Waals surface area contributed by atoms with Crippen molar-refractivity contribution in [3.8, 4) is 0 Å². The van der Waals surface area contributed by atoms with Gasteiger partial charge in [-0.05, 0) is 32.0 Å². The molecule has 2 rings (SSSR count). The zero-order valence-electron chi connectivity index (χ0n) is 10.1. The maximum absolute atomic E-state index is 12.4. The quantitative estimate of drug-likeness (QED) is 0.905. The lowest BCUT2D eigenvalue weighted by Gasteiger charge is -2.30. The van der Waals surface area contributed by atoms with Crippen LogP contribution in [0.3, 0.4) is 0 Å². The van der Waals surface area contributed by atoms with Crippen molar-refractivity contribution in [3.63, 3.8) is 0 Å². The maximum Gasteiger partial charge on any atom is 0.244 e. The van der Waals surface area contributed by atoms with E-state index in [1.54, 1.807) is 7.05 Å². The molecule has 1 N–H and O–H groups in total. The largest absolute Gasteiger partial charge is 0.317 e. The Bertz CT molecular complexity index is 515. The van der Waals surface area contributed by atoms with Crippen LogP contribution < -0.4 is 5.32 Å². The lowest BCUT2D eigenvalue weighted by molar-refractivity contribution is 0.296. The van der Waals surface area contributed by atoms with Crippen LogP contribution in [-0.2, 0) is 10.0 Å². The molecule has 0 saturated carbocycles. The van der Waals surface area contributed by atoms with Gasteiger partial charge < -0.3 is 5.32 Å². The van der Waals surface area contributed by atoms with E-state index in [1.807, 2.05) is 0 Å². The van der Waals surface area contributed by atoms with Crippen LogP contribution in [0.15, 0.2) is 23.4 Å². The van der Waals surface area contributed by atoms with E-state index in [4.69, 9.17) is 11.6 Å². The van der Waals surface area contributed by atoms with Crippen LogP contribution in [0, 0.1) is 0 Å². The molecular weight excluding hydrogens is 274 g/mol. The van der Waals surface area contributed by atoms with Gasteiger partial charge >= 0.3 is 0 Å². The van der Waals surface area contributed by atoms with Crippen molar-refractivity contribution >= 4 is 21.6 Å². The number of halogens is 1. The third kappa shape index (κ3) is 2.83. The van der Waals surface area contributed by atoms with Crippen molar-refractivity contribution in [3.05, 3.63) is 23.5 Å². The molecule has 18 heavy (non-hydrogen) atoms. The van der Waals surface area contributed by atoms with E-state index >= 15 is 0 Å². The highest BCUT2D eigenvalue weighted by Crippen LogP contribution is 2.21. The van der Waals surface area contributed by atoms with Crippen LogP contribution in [0.4, 0.5) is 0 Å². The van der Waals surface area contributed by atoms with Crippen LogP contribution in [0.2, 0.25) is 5.02 Å². The first kappa shape index (κ1) is 13.7. The zero-order valence-corrected chi connectivity index (χ0v) is 11.7. The fraction of sp³-hybridized carbons (Fsp3) is 0.545. The predicted octanol–water partition coefficient (Wildman–Crippen LogP) is 1.11. The van der Waals surface area contributed by atoms with Gasteiger partial charge in [-0.1, -0.05) is 11.6 Å². The minimum absolute atomic E-state index is 0.0373. The third-order valence-electron chi connectivity index (χ3n) is 3.18. The molecule has 0 atom stereocenters. The molecular formula is C11H16ClN3O2S. The Kier molecular flexibility index (Phi) is 4.21. The first-order valence-electron chi connectivity index (χ1n) is 5.81. The van der Waals surface area contributed by atoms with Gasteiger partial charge in [0.1, 0.15) is 4.90 Å². The van der Waals surface area contributed by atoms with Crippen molar-refractivity contribution < 1.29 is 8.42 Å². The summed E-state index contributed by atoms with van der Waals surface area (Å²) in [6.45, 7) is 1.69. The number of aromatic nitrogens is 1. The number of nitrogens with one attached hydrogen (secondary N) is 1. The number of hydrogen-bond acceptors (Lipinski definition) is 4. The number of pyridine rings is 1. The van der Waals surface area contributed by atoms with E-state index < -0.39 is 10.0 Å². The molecule has 0 spiro atoms. The molecule has 1 fully saturated rings. The van der Waals surface area contributed by atoms with E-state index in [2.05, 4.69) is 10.3 Å². The average molecular weight is 290 g/mol. The normalized spacial score (nSPS) is 18.2. The number of sulfonamides is 1. The summed E-state index contributed by atoms with van der Waals surface area (Å²) in [4.78, 5) is 3.98. The second-order valence-corrected chi connectivity index (χ2v) is 6.78. The lowest BCUT2D eigenvalue weighted by atomic mass is 10.1. The highest BCUT2D eigenvalue weighted by molar-refractivity contribution is 7.89. The molecule has 0 unspecified atom stereocenters. The SMILES string of the molecule is CN(C1CCNCC1)S(=O)(=O)c1cncc(Cl)c1. The average Bonchev–Trinajstić information content (AvgIpc) is 2.39. The molecule has 0 amide bonds. The van der Waals surface area contributed by atoms with Gasteiger partial charge in [-0.2, -0.15) is 4.31 Å². The van der Waals surface area contributed by atoms with E-state index in [0.29, 0.717) is 5.02 Å². The molecule has 1 aromatic heterocycles. The Labute approximate surface area is 112 Å². The highest BCUT2D eigenvalue weighted by Gasteiger charge is 2.29. The standard InChI is InChI=1S/C11H16ClN3O2S/c1-15(10-2-4-13-5-3-10)18(16,17)11-6-9(12)7-14-8-11/h6-8,10,13H,2-5H2,1H3. The Hall–Kier alpha value is -0.690. The molecule has 1 aliphatic heterocycles. The van der Waals surface area contributed by atoms with Gasteiger partial charge in [0.2, 0.25) is 10.0 Å². The van der Waals surface area contributed by atoms with Gasteiger partial charge in [0.15, 0.2) is 0 Å². The lowest BCUT2D eigenvalue weighted by Crippen LogP contribution is -2.43. The number of rotatable bonds is 3. The molecule has 1 aromatic rings. The van der Waals surface area contributed by atoms with E-state index in [-0.39, 0.29) is 10.9 Å². The first-order chi connectivity index (χ1) is 8.51. The monoisotopic (exact) mass is 289 g/mol. The van der Waals surface area contributed by atoms with Gasteiger partial charge in [-0.3, -0.25) is 4.98 Å². The van der Waals surface area contributed by atoms with Crippen molar-refractivity contribution in [2.24, 2.45) is 0 Å². The molecule has 0 bridgehead atoms. The second kappa shape index (κ2) is 5.52. The highest BCUT2D eigenvalue weighted by atomic mass is 35.5. The summed E-state index contributed by atoms with van der Waals surface area (Å²) in [5, 5.41) is 3.54. The summed E-state index contributed by atoms with van der Waals surface area (Å²) >= 11 is 5.79. The number of nitrogens with zero attached hydrogens (tertiary/aromatic N) is 2. The number of hydrogen-bond donors (Lipinski definition) is 1. The summed E-state index contributed by atoms with van der Waals surface area (Å²) in [5.41, 5.74) is 0. The van der Waals surface area contributed by atoms with E-state index in [0.717, 1.165) is 25.9 Å². The fourth-order valence-corrected chi connectivity index (χ4v) is 3.71. The van der Waals surface area contributed by atoms with Gasteiger partial charge in [0, 0.05) is 25.5 Å². The van der Waals surface area contributed by atoms with Crippen LogP contribution in [0.1, 0.15) is 12.8 Å². The Morgan fingerprint density at radius 1 is 1.39 bits per heavy atom. The van der Waals surface area contributed by atoms with E-state index in [1.165, 1.54) is 22.8 Å². The molecule has 0 radical (unpaired) electrons. The summed E-state index contributed by atoms with van der Waals surface area (Å²) in [5.74, 6) is 0. The van der Waals surface area contributed by atoms with Gasteiger partial charge in [-0.25, -0.2) is 8.42 Å². The van der Waals surface area contributed by atoms with E-state index in [9.17, 15) is 8.42 Å². The molecule has 7 heteroatoms. The molecule has 5 nitrogen and oxygen atoms in total. The molecule has 100 valence electrons. The first-order valence-corrected chi connectivity index (χ1v) is 7.63. The summed E-state index contributed by atoms with van der Waals surface area (Å²) in [6, 6.07) is 1.47. The predicted molar refractivity (Wildman–Crippen MR) is 70.1 cm³/mol. The van der Waals surface area contributed by atoms with Crippen molar-refractivity contribution in [1.82, 2.24) is 14.6 Å². The number of piperidine rings is 1. The summed E-state index contributed by atoms with van der Waals surface area (Å²) < 4.78 is 26.2. The topological polar surface area (TPSA) is 62.3 Å². The maximum atomic E-state index is 12.4. The molecule has 0 aromatic carbocycles. The van der Waals surface area contributed by atoms with Crippen LogP contribution >= 0.6 is 11.6 Å². The minimum atomic E-state index is -3.50. The fourth-order valence-electron chi connectivity index (χ4n) is 2.07. The van der Waals surface area contributed by atoms with Crippen molar-refractivity contribution in [2.75, 3.05) is 20.1 Å². The Balaban J connectivity index is 2.24. The molecule has 1 saturated heterocycles. The van der Waals surface area contributed by atoms with Gasteiger partial charge in [-0.15, -0.1) is 0 Å². The Morgan fingerprint density at radius 3 is 2.67 bits per heavy atom. The summed E-state index contributed by atoms with van der Waals surface area (Å²) in [6.07, 6.45) is 4.40. The Morgan fingerprint density at radius 2 is 2.06 bits per heavy atom. The third-order valence-corrected chi connectivity index (χ3v) is 5.26. The second-order valence-electron chi connectivity index (χ2n) is 4.34. The molecule has 1 aliphatic rings. The summed E-state index contributed by atoms with van der Waals surface area (Å²) in [7, 11) is -1.89. The van der Waals surface area contributed by atoms with Gasteiger partial charge in [0.25, 0.3) is 0 Å². The molecule has 2 heterocycles. The van der Waals surface area contributed by atoms with Crippen LogP contribution in [0.25, 0.3) is 0 Å². The minimum Gasteiger partial charge on any atom is -0.317 e. The smallest absolute Gasteiger partial charge is 0.244 e. The van der Waals surface area contributed by atoms with Crippen LogP contribution in [0.5, 0.6) is 0 Å². The molecule has 0 aliphatic carbocycles. The van der Waals surface area contributed by atoms with Crippen LogP contribution in [-0.4, -0.2) is 43.9 Å².